The number of phenols is 2. The van der Waals surface area contributed by atoms with E-state index in [4.69, 9.17) is 0 Å². The van der Waals surface area contributed by atoms with Gasteiger partial charge in [0, 0.05) is 6.54 Å². The molecule has 3 N–H and O–H groups in total. The van der Waals surface area contributed by atoms with Gasteiger partial charge in [-0.05, 0) is 47.4 Å². The molecule has 0 radical (unpaired) electrons. The Balaban J connectivity index is 1.99. The van der Waals surface area contributed by atoms with Gasteiger partial charge in [-0.3, -0.25) is 0 Å². The zero-order chi connectivity index (χ0) is 15.9. The van der Waals surface area contributed by atoms with Crippen LogP contribution in [0.4, 0.5) is 13.2 Å². The Morgan fingerprint density at radius 2 is 1.64 bits per heavy atom. The van der Waals surface area contributed by atoms with Crippen LogP contribution in [0, 0.1) is 0 Å². The van der Waals surface area contributed by atoms with Gasteiger partial charge in [-0.15, -0.1) is 0 Å². The van der Waals surface area contributed by atoms with E-state index in [0.717, 1.165) is 23.3 Å². The molecule has 0 spiro atoms. The number of halogens is 3. The highest BCUT2D eigenvalue weighted by Gasteiger charge is 2.31. The molecule has 1 atom stereocenters. The van der Waals surface area contributed by atoms with Crippen LogP contribution in [0.3, 0.4) is 0 Å². The van der Waals surface area contributed by atoms with E-state index in [1.54, 1.807) is 0 Å². The minimum absolute atomic E-state index is 0.188. The molecule has 2 aromatic carbocycles. The molecule has 1 aliphatic heterocycles. The van der Waals surface area contributed by atoms with Crippen LogP contribution in [-0.4, -0.2) is 16.8 Å². The average Bonchev–Trinajstić information content (AvgIpc) is 2.47. The maximum atomic E-state index is 12.6. The van der Waals surface area contributed by atoms with Gasteiger partial charge in [0.05, 0.1) is 11.6 Å². The predicted octanol–water partition coefficient (Wildman–Crippen LogP) is 3.35. The summed E-state index contributed by atoms with van der Waals surface area (Å²) in [4.78, 5) is 0. The molecule has 3 nitrogen and oxygen atoms in total. The summed E-state index contributed by atoms with van der Waals surface area (Å²) in [5.74, 6) is -0.425. The first-order valence-electron chi connectivity index (χ1n) is 6.81. The summed E-state index contributed by atoms with van der Waals surface area (Å²) >= 11 is 0. The number of rotatable bonds is 1. The highest BCUT2D eigenvalue weighted by molar-refractivity contribution is 5.50. The Hall–Kier alpha value is -2.21. The lowest BCUT2D eigenvalue weighted by Gasteiger charge is -2.28. The summed E-state index contributed by atoms with van der Waals surface area (Å²) in [6.45, 7) is 0.642. The van der Waals surface area contributed by atoms with Gasteiger partial charge in [0.1, 0.15) is 0 Å². The van der Waals surface area contributed by atoms with Crippen molar-refractivity contribution in [1.82, 2.24) is 5.32 Å². The van der Waals surface area contributed by atoms with Crippen molar-refractivity contribution in [2.75, 3.05) is 6.54 Å². The van der Waals surface area contributed by atoms with Gasteiger partial charge in [-0.25, -0.2) is 0 Å². The number of phenolic OH excluding ortho intramolecular Hbond substituents is 2. The largest absolute Gasteiger partial charge is 0.504 e. The summed E-state index contributed by atoms with van der Waals surface area (Å²) in [5.41, 5.74) is 1.63. The van der Waals surface area contributed by atoms with Crippen molar-refractivity contribution >= 4 is 0 Å². The summed E-state index contributed by atoms with van der Waals surface area (Å²) in [6, 6.07) is 7.61. The van der Waals surface area contributed by atoms with Crippen molar-refractivity contribution in [2.24, 2.45) is 0 Å². The molecule has 0 aliphatic carbocycles. The predicted molar refractivity (Wildman–Crippen MR) is 74.8 cm³/mol. The normalized spacial score (nSPS) is 18.0. The summed E-state index contributed by atoms with van der Waals surface area (Å²) < 4.78 is 37.9. The number of fused-ring (bicyclic) bond motifs is 1. The molecule has 0 aromatic heterocycles. The first-order chi connectivity index (χ1) is 10.4. The molecule has 0 saturated heterocycles. The fourth-order valence-corrected chi connectivity index (χ4v) is 2.74. The van der Waals surface area contributed by atoms with Crippen LogP contribution in [0.25, 0.3) is 0 Å². The van der Waals surface area contributed by atoms with Gasteiger partial charge in [-0.1, -0.05) is 12.1 Å². The molecule has 3 rings (SSSR count). The van der Waals surface area contributed by atoms with Crippen molar-refractivity contribution in [1.29, 1.82) is 0 Å². The minimum atomic E-state index is -4.36. The molecular weight excluding hydrogens is 295 g/mol. The lowest BCUT2D eigenvalue weighted by molar-refractivity contribution is -0.137. The van der Waals surface area contributed by atoms with E-state index in [-0.39, 0.29) is 17.5 Å². The molecule has 1 heterocycles. The first kappa shape index (κ1) is 14.7. The molecule has 2 aromatic rings. The van der Waals surface area contributed by atoms with Crippen LogP contribution in [0.2, 0.25) is 0 Å². The van der Waals surface area contributed by atoms with Gasteiger partial charge < -0.3 is 15.5 Å². The molecule has 0 unspecified atom stereocenters. The Morgan fingerprint density at radius 3 is 2.27 bits per heavy atom. The summed E-state index contributed by atoms with van der Waals surface area (Å²) in [6.07, 6.45) is -3.68. The second-order valence-electron chi connectivity index (χ2n) is 5.30. The lowest BCUT2D eigenvalue weighted by atomic mass is 9.89. The first-order valence-corrected chi connectivity index (χ1v) is 6.81. The van der Waals surface area contributed by atoms with E-state index in [1.807, 2.05) is 0 Å². The molecule has 0 saturated carbocycles. The Bertz CT molecular complexity index is 696. The van der Waals surface area contributed by atoms with Gasteiger partial charge in [-0.2, -0.15) is 13.2 Å². The van der Waals surface area contributed by atoms with E-state index in [1.165, 1.54) is 24.3 Å². The van der Waals surface area contributed by atoms with Gasteiger partial charge in [0.2, 0.25) is 0 Å². The van der Waals surface area contributed by atoms with E-state index in [9.17, 15) is 23.4 Å². The summed E-state index contributed by atoms with van der Waals surface area (Å²) in [5, 5.41) is 22.4. The fourth-order valence-electron chi connectivity index (χ4n) is 2.74. The van der Waals surface area contributed by atoms with Crippen molar-refractivity contribution in [2.45, 2.75) is 18.6 Å². The topological polar surface area (TPSA) is 52.5 Å². The van der Waals surface area contributed by atoms with Crippen LogP contribution in [0.15, 0.2) is 36.4 Å². The van der Waals surface area contributed by atoms with Crippen LogP contribution >= 0.6 is 0 Å². The smallest absolute Gasteiger partial charge is 0.416 e. The zero-order valence-corrected chi connectivity index (χ0v) is 11.5. The van der Waals surface area contributed by atoms with Crippen molar-refractivity contribution in [3.63, 3.8) is 0 Å². The molecular formula is C16H14F3NO2. The second kappa shape index (κ2) is 5.21. The van der Waals surface area contributed by atoms with Crippen LogP contribution in [0.5, 0.6) is 11.5 Å². The summed E-state index contributed by atoms with van der Waals surface area (Å²) in [7, 11) is 0. The standard InChI is InChI=1S/C16H14F3NO2/c17-16(18,19)11-3-1-9(2-4-11)15-12-8-14(22)13(21)7-10(12)5-6-20-15/h1-4,7-8,15,20-22H,5-6H2/t15-/m0/s1. The highest BCUT2D eigenvalue weighted by Crippen LogP contribution is 2.37. The molecule has 116 valence electrons. The number of hydrogen-bond acceptors (Lipinski definition) is 3. The molecule has 0 bridgehead atoms. The number of alkyl halides is 3. The maximum Gasteiger partial charge on any atom is 0.416 e. The van der Waals surface area contributed by atoms with E-state index >= 15 is 0 Å². The SMILES string of the molecule is Oc1cc2c(cc1O)[C@H](c1ccc(C(F)(F)F)cc1)NCC2. The van der Waals surface area contributed by atoms with Crippen LogP contribution in [0.1, 0.15) is 28.3 Å². The van der Waals surface area contributed by atoms with Crippen molar-refractivity contribution in [3.8, 4) is 11.5 Å². The Kier molecular flexibility index (Phi) is 3.48. The van der Waals surface area contributed by atoms with E-state index < -0.39 is 11.7 Å². The van der Waals surface area contributed by atoms with E-state index in [0.29, 0.717) is 18.5 Å². The van der Waals surface area contributed by atoms with Crippen molar-refractivity contribution < 1.29 is 23.4 Å². The average molecular weight is 309 g/mol. The Labute approximate surface area is 125 Å². The quantitative estimate of drug-likeness (QED) is 0.708. The fraction of sp³-hybridized carbons (Fsp3) is 0.250. The highest BCUT2D eigenvalue weighted by atomic mass is 19.4. The van der Waals surface area contributed by atoms with Crippen LogP contribution in [-0.2, 0) is 12.6 Å². The van der Waals surface area contributed by atoms with Gasteiger partial charge in [0.15, 0.2) is 11.5 Å². The third-order valence-electron chi connectivity index (χ3n) is 3.86. The van der Waals surface area contributed by atoms with Gasteiger partial charge in [0.25, 0.3) is 0 Å². The number of benzene rings is 2. The molecule has 22 heavy (non-hydrogen) atoms. The number of aromatic hydroxyl groups is 2. The van der Waals surface area contributed by atoms with E-state index in [2.05, 4.69) is 5.32 Å². The molecule has 0 fully saturated rings. The second-order valence-corrected chi connectivity index (χ2v) is 5.30. The maximum absolute atomic E-state index is 12.6. The Morgan fingerprint density at radius 1 is 1.00 bits per heavy atom. The third kappa shape index (κ3) is 2.62. The molecule has 6 heteroatoms. The lowest BCUT2D eigenvalue weighted by Crippen LogP contribution is -2.30. The number of nitrogens with one attached hydrogen (secondary N) is 1. The third-order valence-corrected chi connectivity index (χ3v) is 3.86. The monoisotopic (exact) mass is 309 g/mol. The molecule has 0 amide bonds. The van der Waals surface area contributed by atoms with Crippen LogP contribution < -0.4 is 5.32 Å². The minimum Gasteiger partial charge on any atom is -0.504 e. The number of hydrogen-bond donors (Lipinski definition) is 3. The zero-order valence-electron chi connectivity index (χ0n) is 11.5. The van der Waals surface area contributed by atoms with Crippen molar-refractivity contribution in [3.05, 3.63) is 58.7 Å². The van der Waals surface area contributed by atoms with Gasteiger partial charge >= 0.3 is 6.18 Å². The molecule has 1 aliphatic rings.